The van der Waals surface area contributed by atoms with E-state index in [1.807, 2.05) is 36.4 Å². The highest BCUT2D eigenvalue weighted by Gasteiger charge is 2.36. The van der Waals surface area contributed by atoms with Crippen LogP contribution in [0.3, 0.4) is 0 Å². The van der Waals surface area contributed by atoms with E-state index in [1.54, 1.807) is 12.2 Å². The van der Waals surface area contributed by atoms with Crippen molar-refractivity contribution in [3.8, 4) is 0 Å². The number of imide groups is 1. The van der Waals surface area contributed by atoms with Gasteiger partial charge in [0.15, 0.2) is 4.32 Å². The van der Waals surface area contributed by atoms with Crippen LogP contribution in [0.4, 0.5) is 4.39 Å². The molecule has 0 aromatic heterocycles. The number of thioether (sulfide) groups is 1. The van der Waals surface area contributed by atoms with Crippen molar-refractivity contribution in [1.82, 2.24) is 4.90 Å². The highest BCUT2D eigenvalue weighted by atomic mass is 32.2. The Morgan fingerprint density at radius 1 is 1.08 bits per heavy atom. The molecule has 2 amide bonds. The van der Waals surface area contributed by atoms with Crippen LogP contribution in [-0.4, -0.2) is 21.0 Å². The summed E-state index contributed by atoms with van der Waals surface area (Å²) < 4.78 is 13.1. The van der Waals surface area contributed by atoms with Gasteiger partial charge in [0.1, 0.15) is 5.82 Å². The number of benzene rings is 2. The van der Waals surface area contributed by atoms with Gasteiger partial charge in [0.05, 0.1) is 4.91 Å². The molecule has 1 aliphatic rings. The van der Waals surface area contributed by atoms with Crippen molar-refractivity contribution in [3.63, 3.8) is 0 Å². The maximum atomic E-state index is 13.0. The first-order valence-electron chi connectivity index (χ1n) is 7.36. The molecule has 0 bridgehead atoms. The highest BCUT2D eigenvalue weighted by molar-refractivity contribution is 8.26. The zero-order chi connectivity index (χ0) is 17.8. The third-order valence-electron chi connectivity index (χ3n) is 3.42. The smallest absolute Gasteiger partial charge is 0.268 e. The van der Waals surface area contributed by atoms with Crippen LogP contribution in [-0.2, 0) is 4.79 Å². The molecule has 25 heavy (non-hydrogen) atoms. The summed E-state index contributed by atoms with van der Waals surface area (Å²) in [4.78, 5) is 26.2. The van der Waals surface area contributed by atoms with Gasteiger partial charge in [-0.2, -0.15) is 0 Å². The van der Waals surface area contributed by atoms with Gasteiger partial charge in [-0.25, -0.2) is 9.29 Å². The second-order valence-corrected chi connectivity index (χ2v) is 6.80. The van der Waals surface area contributed by atoms with Crippen LogP contribution in [0.15, 0.2) is 71.7 Å². The first kappa shape index (κ1) is 17.3. The first-order valence-corrected chi connectivity index (χ1v) is 8.58. The molecule has 0 spiro atoms. The molecule has 1 aliphatic heterocycles. The molecule has 0 atom stereocenters. The molecule has 0 aliphatic carbocycles. The number of carbonyl (C=O) groups excluding carboxylic acids is 2. The zero-order valence-corrected chi connectivity index (χ0v) is 14.5. The quantitative estimate of drug-likeness (QED) is 0.456. The number of nitrogens with zero attached hydrogens (tertiary/aromatic N) is 1. The van der Waals surface area contributed by atoms with Crippen LogP contribution in [0.2, 0.25) is 0 Å². The van der Waals surface area contributed by atoms with Gasteiger partial charge in [-0.1, -0.05) is 66.5 Å². The third-order valence-corrected chi connectivity index (χ3v) is 4.74. The molecule has 6 heteroatoms. The number of halogens is 1. The summed E-state index contributed by atoms with van der Waals surface area (Å²) in [5, 5.41) is 0. The van der Waals surface area contributed by atoms with E-state index >= 15 is 0 Å². The summed E-state index contributed by atoms with van der Waals surface area (Å²) >= 11 is 6.21. The van der Waals surface area contributed by atoms with E-state index in [2.05, 4.69) is 0 Å². The Hall–Kier alpha value is -2.57. The van der Waals surface area contributed by atoms with Gasteiger partial charge in [0, 0.05) is 5.56 Å². The van der Waals surface area contributed by atoms with Gasteiger partial charge in [-0.05, 0) is 35.9 Å². The lowest BCUT2D eigenvalue weighted by Gasteiger charge is -2.12. The van der Waals surface area contributed by atoms with E-state index < -0.39 is 17.6 Å². The Labute approximate surface area is 153 Å². The lowest BCUT2D eigenvalue weighted by atomic mass is 10.2. The molecule has 0 N–H and O–H groups in total. The Morgan fingerprint density at radius 3 is 2.44 bits per heavy atom. The van der Waals surface area contributed by atoms with Gasteiger partial charge >= 0.3 is 0 Å². The minimum Gasteiger partial charge on any atom is -0.268 e. The predicted octanol–water partition coefficient (Wildman–Crippen LogP) is 4.42. The number of hydrogen-bond acceptors (Lipinski definition) is 4. The highest BCUT2D eigenvalue weighted by Crippen LogP contribution is 2.32. The molecule has 0 radical (unpaired) electrons. The second-order valence-electron chi connectivity index (χ2n) is 5.12. The molecular formula is C19H12FNO2S2. The fourth-order valence-corrected chi connectivity index (χ4v) is 3.39. The Bertz CT molecular complexity index is 889. The topological polar surface area (TPSA) is 37.4 Å². The fraction of sp³-hybridized carbons (Fsp3) is 0. The van der Waals surface area contributed by atoms with E-state index in [0.717, 1.165) is 22.2 Å². The lowest BCUT2D eigenvalue weighted by molar-refractivity contribution is -0.120. The zero-order valence-electron chi connectivity index (χ0n) is 12.9. The maximum Gasteiger partial charge on any atom is 0.273 e. The van der Waals surface area contributed by atoms with Crippen molar-refractivity contribution in [1.29, 1.82) is 0 Å². The molecule has 2 aromatic rings. The standard InChI is InChI=1S/C19H12FNO2S2/c20-15-11-9-14(10-12-15)17(22)21-18(23)16(25-19(21)24)8-4-7-13-5-2-1-3-6-13/h1-12H. The van der Waals surface area contributed by atoms with Gasteiger partial charge in [0.2, 0.25) is 0 Å². The molecular weight excluding hydrogens is 357 g/mol. The summed E-state index contributed by atoms with van der Waals surface area (Å²) in [5.74, 6) is -1.48. The summed E-state index contributed by atoms with van der Waals surface area (Å²) in [6, 6.07) is 14.6. The van der Waals surface area contributed by atoms with Gasteiger partial charge < -0.3 is 0 Å². The monoisotopic (exact) mass is 369 g/mol. The van der Waals surface area contributed by atoms with Crippen molar-refractivity contribution in [2.75, 3.05) is 0 Å². The molecule has 3 rings (SSSR count). The Kier molecular flexibility index (Phi) is 5.21. The fourth-order valence-electron chi connectivity index (χ4n) is 2.19. The van der Waals surface area contributed by atoms with Crippen LogP contribution in [0, 0.1) is 5.82 Å². The largest absolute Gasteiger partial charge is 0.273 e. The second kappa shape index (κ2) is 7.55. The lowest BCUT2D eigenvalue weighted by Crippen LogP contribution is -2.34. The normalized spacial score (nSPS) is 16.2. The number of thiocarbonyl (C=S) groups is 1. The summed E-state index contributed by atoms with van der Waals surface area (Å²) in [5.41, 5.74) is 1.20. The van der Waals surface area contributed by atoms with E-state index in [0.29, 0.717) is 4.91 Å². The molecule has 0 saturated carbocycles. The number of carbonyl (C=O) groups is 2. The predicted molar refractivity (Wildman–Crippen MR) is 101 cm³/mol. The summed E-state index contributed by atoms with van der Waals surface area (Å²) in [6.45, 7) is 0. The average Bonchev–Trinajstić information content (AvgIpc) is 2.90. The van der Waals surface area contributed by atoms with E-state index in [-0.39, 0.29) is 9.88 Å². The third kappa shape index (κ3) is 3.92. The molecule has 1 saturated heterocycles. The number of rotatable bonds is 3. The molecule has 2 aromatic carbocycles. The molecule has 124 valence electrons. The van der Waals surface area contributed by atoms with Gasteiger partial charge in [0.25, 0.3) is 11.8 Å². The molecule has 1 heterocycles. The van der Waals surface area contributed by atoms with Crippen molar-refractivity contribution in [2.24, 2.45) is 0 Å². The van der Waals surface area contributed by atoms with Crippen molar-refractivity contribution in [2.45, 2.75) is 0 Å². The number of amides is 2. The van der Waals surface area contributed by atoms with Crippen molar-refractivity contribution >= 4 is 46.2 Å². The minimum atomic E-state index is -0.557. The van der Waals surface area contributed by atoms with Gasteiger partial charge in [-0.3, -0.25) is 9.59 Å². The summed E-state index contributed by atoms with van der Waals surface area (Å²) in [7, 11) is 0. The van der Waals surface area contributed by atoms with Gasteiger partial charge in [-0.15, -0.1) is 0 Å². The SMILES string of the molecule is O=C1C(=CC=Cc2ccccc2)SC(=S)N1C(=O)c1ccc(F)cc1. The van der Waals surface area contributed by atoms with E-state index in [1.165, 1.54) is 24.3 Å². The van der Waals surface area contributed by atoms with Crippen LogP contribution >= 0.6 is 24.0 Å². The van der Waals surface area contributed by atoms with Crippen LogP contribution < -0.4 is 0 Å². The summed E-state index contributed by atoms with van der Waals surface area (Å²) in [6.07, 6.45) is 5.22. The van der Waals surface area contributed by atoms with Crippen molar-refractivity contribution < 1.29 is 14.0 Å². The van der Waals surface area contributed by atoms with Crippen LogP contribution in [0.1, 0.15) is 15.9 Å². The average molecular weight is 369 g/mol. The van der Waals surface area contributed by atoms with Crippen molar-refractivity contribution in [3.05, 3.63) is 88.6 Å². The molecule has 1 fully saturated rings. The Balaban J connectivity index is 1.78. The van der Waals surface area contributed by atoms with E-state index in [4.69, 9.17) is 12.2 Å². The molecule has 0 unspecified atom stereocenters. The first-order chi connectivity index (χ1) is 12.1. The van der Waals surface area contributed by atoms with E-state index in [9.17, 15) is 14.0 Å². The number of allylic oxidation sites excluding steroid dienone is 2. The van der Waals surface area contributed by atoms with Crippen LogP contribution in [0.5, 0.6) is 0 Å². The van der Waals surface area contributed by atoms with Crippen LogP contribution in [0.25, 0.3) is 6.08 Å². The maximum absolute atomic E-state index is 13.0. The Morgan fingerprint density at radius 2 is 1.76 bits per heavy atom. The molecule has 3 nitrogen and oxygen atoms in total. The number of hydrogen-bond donors (Lipinski definition) is 0. The minimum absolute atomic E-state index is 0.165.